The molecule has 0 atom stereocenters. The van der Waals surface area contributed by atoms with Crippen LogP contribution in [0, 0.1) is 11.3 Å². The smallest absolute Gasteiger partial charge is 0.190 e. The zero-order chi connectivity index (χ0) is 7.56. The summed E-state index contributed by atoms with van der Waals surface area (Å²) in [6.07, 6.45) is 0. The van der Waals surface area contributed by atoms with Crippen molar-refractivity contribution in [2.45, 2.75) is 19.8 Å². The van der Waals surface area contributed by atoms with E-state index < -0.39 is 0 Å². The van der Waals surface area contributed by atoms with Crippen LogP contribution in [0.4, 0.5) is 0 Å². The summed E-state index contributed by atoms with van der Waals surface area (Å²) in [6.45, 7) is 4.06. The Morgan fingerprint density at radius 1 is 1.50 bits per heavy atom. The molecule has 52 valence electrons. The lowest BCUT2D eigenvalue weighted by atomic mass is 10.2. The summed E-state index contributed by atoms with van der Waals surface area (Å²) < 4.78 is 0. The highest BCUT2D eigenvalue weighted by atomic mass is 32.1. The second-order valence-corrected chi connectivity index (χ2v) is 3.22. The van der Waals surface area contributed by atoms with Gasteiger partial charge in [0.25, 0.3) is 0 Å². The first-order chi connectivity index (χ1) is 4.74. The molecule has 0 bridgehead atoms. The van der Waals surface area contributed by atoms with Gasteiger partial charge in [-0.3, -0.25) is 0 Å². The summed E-state index contributed by atoms with van der Waals surface area (Å²) in [5.74, 6) is 0.375. The van der Waals surface area contributed by atoms with Gasteiger partial charge in [-0.05, 0) is 0 Å². The van der Waals surface area contributed by atoms with Gasteiger partial charge in [-0.1, -0.05) is 25.2 Å². The Hall–Kier alpha value is -0.950. The summed E-state index contributed by atoms with van der Waals surface area (Å²) >= 11 is 1.36. The molecule has 0 fully saturated rings. The van der Waals surface area contributed by atoms with E-state index in [-0.39, 0.29) is 0 Å². The molecule has 0 N–H and O–H groups in total. The van der Waals surface area contributed by atoms with E-state index in [2.05, 4.69) is 10.2 Å². The van der Waals surface area contributed by atoms with Gasteiger partial charge in [0.1, 0.15) is 11.1 Å². The third-order valence-corrected chi connectivity index (χ3v) is 2.16. The zero-order valence-electron chi connectivity index (χ0n) is 5.83. The highest BCUT2D eigenvalue weighted by Crippen LogP contribution is 2.17. The number of hydrogen-bond acceptors (Lipinski definition) is 4. The van der Waals surface area contributed by atoms with Gasteiger partial charge in [-0.25, -0.2) is 0 Å². The predicted molar refractivity (Wildman–Crippen MR) is 38.7 cm³/mol. The summed E-state index contributed by atoms with van der Waals surface area (Å²) in [6, 6.07) is 1.95. The number of hydrogen-bond donors (Lipinski definition) is 0. The highest BCUT2D eigenvalue weighted by Gasteiger charge is 2.05. The zero-order valence-corrected chi connectivity index (χ0v) is 6.64. The molecule has 1 rings (SSSR count). The van der Waals surface area contributed by atoms with Crippen LogP contribution in [-0.4, -0.2) is 10.2 Å². The van der Waals surface area contributed by atoms with Gasteiger partial charge >= 0.3 is 0 Å². The third-order valence-electron chi connectivity index (χ3n) is 1.03. The summed E-state index contributed by atoms with van der Waals surface area (Å²) in [4.78, 5) is 0. The Kier molecular flexibility index (Phi) is 1.97. The van der Waals surface area contributed by atoms with Crippen molar-refractivity contribution in [2.75, 3.05) is 0 Å². The molecule has 1 heterocycles. The molecule has 0 radical (unpaired) electrons. The van der Waals surface area contributed by atoms with Gasteiger partial charge in [-0.2, -0.15) is 5.26 Å². The largest absolute Gasteiger partial charge is 0.217 e. The SMILES string of the molecule is CC(C)c1nnc(C#N)s1. The van der Waals surface area contributed by atoms with Crippen LogP contribution in [0.15, 0.2) is 0 Å². The Labute approximate surface area is 63.3 Å². The maximum absolute atomic E-state index is 8.39. The fourth-order valence-electron chi connectivity index (χ4n) is 0.513. The molecule has 0 unspecified atom stereocenters. The van der Waals surface area contributed by atoms with Crippen LogP contribution in [0.25, 0.3) is 0 Å². The Morgan fingerprint density at radius 3 is 2.50 bits per heavy atom. The monoisotopic (exact) mass is 153 g/mol. The topological polar surface area (TPSA) is 49.6 Å². The molecule has 0 aromatic carbocycles. The second-order valence-electron chi connectivity index (χ2n) is 2.21. The Bertz CT molecular complexity index is 258. The summed E-state index contributed by atoms with van der Waals surface area (Å²) in [5, 5.41) is 17.3. The first kappa shape index (κ1) is 7.16. The molecule has 10 heavy (non-hydrogen) atoms. The van der Waals surface area contributed by atoms with Crippen LogP contribution in [-0.2, 0) is 0 Å². The molecule has 0 spiro atoms. The minimum atomic E-state index is 0.375. The van der Waals surface area contributed by atoms with Gasteiger partial charge in [0.15, 0.2) is 0 Å². The predicted octanol–water partition coefficient (Wildman–Crippen LogP) is 1.53. The van der Waals surface area contributed by atoms with E-state index >= 15 is 0 Å². The van der Waals surface area contributed by atoms with Crippen LogP contribution in [0.1, 0.15) is 29.8 Å². The number of rotatable bonds is 1. The molecule has 0 saturated carbocycles. The standard InChI is InChI=1S/C6H7N3S/c1-4(2)6-9-8-5(3-7)10-6/h4H,1-2H3. The van der Waals surface area contributed by atoms with E-state index in [4.69, 9.17) is 5.26 Å². The lowest BCUT2D eigenvalue weighted by Gasteiger charge is -1.92. The van der Waals surface area contributed by atoms with E-state index in [1.54, 1.807) is 0 Å². The fraction of sp³-hybridized carbons (Fsp3) is 0.500. The quantitative estimate of drug-likeness (QED) is 0.614. The van der Waals surface area contributed by atoms with E-state index in [1.165, 1.54) is 11.3 Å². The third kappa shape index (κ3) is 1.31. The summed E-state index contributed by atoms with van der Waals surface area (Å²) in [7, 11) is 0. The normalized spacial score (nSPS) is 9.80. The number of aromatic nitrogens is 2. The molecular weight excluding hydrogens is 146 g/mol. The maximum atomic E-state index is 8.39. The van der Waals surface area contributed by atoms with Gasteiger partial charge in [-0.15, -0.1) is 10.2 Å². The van der Waals surface area contributed by atoms with Gasteiger partial charge in [0.2, 0.25) is 5.01 Å². The average molecular weight is 153 g/mol. The van der Waals surface area contributed by atoms with Gasteiger partial charge in [0.05, 0.1) is 0 Å². The maximum Gasteiger partial charge on any atom is 0.217 e. The van der Waals surface area contributed by atoms with Crippen LogP contribution in [0.5, 0.6) is 0 Å². The van der Waals surface area contributed by atoms with E-state index in [9.17, 15) is 0 Å². The molecule has 3 nitrogen and oxygen atoms in total. The van der Waals surface area contributed by atoms with Crippen molar-refractivity contribution in [3.63, 3.8) is 0 Å². The van der Waals surface area contributed by atoms with Crippen LogP contribution in [0.3, 0.4) is 0 Å². The molecule has 0 aliphatic carbocycles. The van der Waals surface area contributed by atoms with Gasteiger partial charge < -0.3 is 0 Å². The van der Waals surface area contributed by atoms with E-state index in [0.717, 1.165) is 5.01 Å². The highest BCUT2D eigenvalue weighted by molar-refractivity contribution is 7.11. The van der Waals surface area contributed by atoms with Gasteiger partial charge in [0, 0.05) is 5.92 Å². The molecule has 0 aliphatic rings. The molecule has 0 saturated heterocycles. The second kappa shape index (κ2) is 2.76. The minimum absolute atomic E-state index is 0.375. The molecule has 1 aromatic rings. The lowest BCUT2D eigenvalue weighted by Crippen LogP contribution is -1.83. The molecule has 4 heteroatoms. The Balaban J connectivity index is 2.91. The molecular formula is C6H7N3S. The van der Waals surface area contributed by atoms with Crippen molar-refractivity contribution < 1.29 is 0 Å². The molecule has 1 aromatic heterocycles. The van der Waals surface area contributed by atoms with Crippen molar-refractivity contribution in [3.8, 4) is 6.07 Å². The minimum Gasteiger partial charge on any atom is -0.190 e. The van der Waals surface area contributed by atoms with Crippen molar-refractivity contribution in [3.05, 3.63) is 10.0 Å². The lowest BCUT2D eigenvalue weighted by molar-refractivity contribution is 0.823. The van der Waals surface area contributed by atoms with Crippen molar-refractivity contribution in [1.29, 1.82) is 5.26 Å². The number of nitrogens with zero attached hydrogens (tertiary/aromatic N) is 3. The van der Waals surface area contributed by atoms with Crippen molar-refractivity contribution >= 4 is 11.3 Å². The molecule has 0 aliphatic heterocycles. The average Bonchev–Trinajstić information content (AvgIpc) is 2.34. The Morgan fingerprint density at radius 2 is 2.20 bits per heavy atom. The van der Waals surface area contributed by atoms with Crippen LogP contribution >= 0.6 is 11.3 Å². The fourth-order valence-corrected chi connectivity index (χ4v) is 1.16. The first-order valence-corrected chi connectivity index (χ1v) is 3.79. The van der Waals surface area contributed by atoms with Crippen molar-refractivity contribution in [1.82, 2.24) is 10.2 Å². The van der Waals surface area contributed by atoms with E-state index in [1.807, 2.05) is 19.9 Å². The van der Waals surface area contributed by atoms with E-state index in [0.29, 0.717) is 10.9 Å². The van der Waals surface area contributed by atoms with Crippen LogP contribution < -0.4 is 0 Å². The molecule has 0 amide bonds. The summed E-state index contributed by atoms with van der Waals surface area (Å²) in [5.41, 5.74) is 0. The van der Waals surface area contributed by atoms with Crippen LogP contribution in [0.2, 0.25) is 0 Å². The first-order valence-electron chi connectivity index (χ1n) is 2.97. The number of nitriles is 1. The van der Waals surface area contributed by atoms with Crippen molar-refractivity contribution in [2.24, 2.45) is 0 Å².